The van der Waals surface area contributed by atoms with Gasteiger partial charge in [0.05, 0.1) is 6.61 Å². The van der Waals surface area contributed by atoms with Gasteiger partial charge < -0.3 is 10.1 Å². The molecule has 84 valence electrons. The maximum atomic E-state index is 11.6. The Morgan fingerprint density at radius 3 is 2.80 bits per heavy atom. The van der Waals surface area contributed by atoms with E-state index in [0.717, 1.165) is 0 Å². The molecule has 0 aromatic carbocycles. The van der Waals surface area contributed by atoms with Crippen molar-refractivity contribution in [3.8, 4) is 0 Å². The van der Waals surface area contributed by atoms with Crippen LogP contribution in [0.4, 0.5) is 14.6 Å². The number of nitrogens with one attached hydrogen (secondary N) is 1. The molecule has 4 nitrogen and oxygen atoms in total. The van der Waals surface area contributed by atoms with Gasteiger partial charge in [-0.15, -0.1) is 10.2 Å². The van der Waals surface area contributed by atoms with E-state index in [1.54, 1.807) is 12.1 Å². The Hall–Kier alpha value is -1.01. The van der Waals surface area contributed by atoms with Gasteiger partial charge in [-0.05, 0) is 12.1 Å². The summed E-state index contributed by atoms with van der Waals surface area (Å²) in [5.41, 5.74) is 0. The second-order valence-electron chi connectivity index (χ2n) is 2.63. The zero-order valence-electron chi connectivity index (χ0n) is 7.79. The second-order valence-corrected chi connectivity index (χ2v) is 3.02. The number of ether oxygens (including phenoxy) is 1. The van der Waals surface area contributed by atoms with Crippen molar-refractivity contribution in [3.05, 3.63) is 17.3 Å². The molecule has 0 atom stereocenters. The highest BCUT2D eigenvalue weighted by molar-refractivity contribution is 6.29. The summed E-state index contributed by atoms with van der Waals surface area (Å²) >= 11 is 5.52. The smallest absolute Gasteiger partial charge is 0.261 e. The van der Waals surface area contributed by atoms with Gasteiger partial charge in [0.2, 0.25) is 0 Å². The van der Waals surface area contributed by atoms with Crippen molar-refractivity contribution in [1.82, 2.24) is 10.2 Å². The van der Waals surface area contributed by atoms with Crippen LogP contribution in [-0.2, 0) is 4.74 Å². The molecule has 1 heterocycles. The molecular weight excluding hydrogens is 228 g/mol. The third-order valence-corrected chi connectivity index (χ3v) is 1.63. The van der Waals surface area contributed by atoms with Gasteiger partial charge in [0.25, 0.3) is 6.43 Å². The monoisotopic (exact) mass is 237 g/mol. The molecule has 1 N–H and O–H groups in total. The first-order valence-corrected chi connectivity index (χ1v) is 4.65. The molecular formula is C8H10ClF2N3O. The lowest BCUT2D eigenvalue weighted by atomic mass is 10.5. The zero-order valence-corrected chi connectivity index (χ0v) is 8.55. The molecule has 0 saturated heterocycles. The number of hydrogen-bond donors (Lipinski definition) is 1. The van der Waals surface area contributed by atoms with Crippen LogP contribution < -0.4 is 5.32 Å². The Labute approximate surface area is 90.6 Å². The van der Waals surface area contributed by atoms with E-state index >= 15 is 0 Å². The molecule has 7 heteroatoms. The number of rotatable bonds is 6. The molecule has 0 unspecified atom stereocenters. The molecule has 0 bridgehead atoms. The SMILES string of the molecule is FC(F)COCCNc1ccc(Cl)nn1. The Kier molecular flexibility index (Phi) is 5.20. The molecule has 1 aromatic rings. The fraction of sp³-hybridized carbons (Fsp3) is 0.500. The van der Waals surface area contributed by atoms with Crippen molar-refractivity contribution in [2.45, 2.75) is 6.43 Å². The second kappa shape index (κ2) is 6.47. The molecule has 0 spiro atoms. The van der Waals surface area contributed by atoms with Crippen LogP contribution in [0.3, 0.4) is 0 Å². The lowest BCUT2D eigenvalue weighted by Crippen LogP contribution is -2.13. The minimum atomic E-state index is -2.43. The summed E-state index contributed by atoms with van der Waals surface area (Å²) in [4.78, 5) is 0. The first-order valence-electron chi connectivity index (χ1n) is 4.27. The van der Waals surface area contributed by atoms with Gasteiger partial charge in [-0.2, -0.15) is 0 Å². The quantitative estimate of drug-likeness (QED) is 0.767. The molecule has 0 aliphatic heterocycles. The van der Waals surface area contributed by atoms with Crippen LogP contribution in [0, 0.1) is 0 Å². The fourth-order valence-electron chi connectivity index (χ4n) is 0.834. The first-order chi connectivity index (χ1) is 7.18. The van der Waals surface area contributed by atoms with Crippen molar-refractivity contribution in [2.24, 2.45) is 0 Å². The number of halogens is 3. The van der Waals surface area contributed by atoms with Gasteiger partial charge in [-0.1, -0.05) is 11.6 Å². The highest BCUT2D eigenvalue weighted by Crippen LogP contribution is 2.05. The number of aromatic nitrogens is 2. The van der Waals surface area contributed by atoms with E-state index in [1.165, 1.54) is 0 Å². The normalized spacial score (nSPS) is 10.7. The zero-order chi connectivity index (χ0) is 11.1. The Balaban J connectivity index is 2.12. The molecule has 0 aliphatic rings. The average molecular weight is 238 g/mol. The lowest BCUT2D eigenvalue weighted by molar-refractivity contribution is 0.0214. The van der Waals surface area contributed by atoms with E-state index in [4.69, 9.17) is 11.6 Å². The molecule has 1 rings (SSSR count). The molecule has 0 saturated carbocycles. The molecule has 1 aromatic heterocycles. The van der Waals surface area contributed by atoms with E-state index in [0.29, 0.717) is 17.5 Å². The minimum absolute atomic E-state index is 0.189. The van der Waals surface area contributed by atoms with Gasteiger partial charge in [0.1, 0.15) is 12.4 Å². The highest BCUT2D eigenvalue weighted by atomic mass is 35.5. The summed E-state index contributed by atoms with van der Waals surface area (Å²) in [6.45, 7) is 0.0334. The van der Waals surface area contributed by atoms with Gasteiger partial charge in [0, 0.05) is 6.54 Å². The summed E-state index contributed by atoms with van der Waals surface area (Å²) in [5, 5.41) is 10.5. The molecule has 0 radical (unpaired) electrons. The van der Waals surface area contributed by atoms with Crippen LogP contribution in [0.5, 0.6) is 0 Å². The predicted molar refractivity (Wildman–Crippen MR) is 52.4 cm³/mol. The third-order valence-electron chi connectivity index (χ3n) is 1.43. The predicted octanol–water partition coefficient (Wildman–Crippen LogP) is 1.82. The molecule has 0 aliphatic carbocycles. The topological polar surface area (TPSA) is 47.0 Å². The van der Waals surface area contributed by atoms with E-state index in [9.17, 15) is 8.78 Å². The van der Waals surface area contributed by atoms with Gasteiger partial charge in [-0.3, -0.25) is 0 Å². The average Bonchev–Trinajstić information content (AvgIpc) is 2.20. The van der Waals surface area contributed by atoms with Gasteiger partial charge in [-0.25, -0.2) is 8.78 Å². The Morgan fingerprint density at radius 2 is 2.20 bits per heavy atom. The van der Waals surface area contributed by atoms with Crippen LogP contribution in [0.2, 0.25) is 5.15 Å². The largest absolute Gasteiger partial charge is 0.374 e. The summed E-state index contributed by atoms with van der Waals surface area (Å²) < 4.78 is 27.9. The van der Waals surface area contributed by atoms with Crippen molar-refractivity contribution in [2.75, 3.05) is 25.1 Å². The van der Waals surface area contributed by atoms with Crippen LogP contribution in [-0.4, -0.2) is 36.4 Å². The van der Waals surface area contributed by atoms with Crippen molar-refractivity contribution in [3.63, 3.8) is 0 Å². The maximum absolute atomic E-state index is 11.6. The standard InChI is InChI=1S/C8H10ClF2N3O/c9-6-1-2-8(14-13-6)12-3-4-15-5-7(10)11/h1-2,7H,3-5H2,(H,12,14). The van der Waals surface area contributed by atoms with Gasteiger partial charge >= 0.3 is 0 Å². The number of alkyl halides is 2. The third kappa shape index (κ3) is 5.44. The van der Waals surface area contributed by atoms with Crippen molar-refractivity contribution < 1.29 is 13.5 Å². The number of anilines is 1. The van der Waals surface area contributed by atoms with E-state index < -0.39 is 13.0 Å². The van der Waals surface area contributed by atoms with Crippen LogP contribution >= 0.6 is 11.6 Å². The number of hydrogen-bond acceptors (Lipinski definition) is 4. The molecule has 0 amide bonds. The maximum Gasteiger partial charge on any atom is 0.261 e. The van der Waals surface area contributed by atoms with Crippen LogP contribution in [0.1, 0.15) is 0 Å². The Bertz CT molecular complexity index is 284. The summed E-state index contributed by atoms with van der Waals surface area (Å²) in [5.74, 6) is 0.528. The first kappa shape index (κ1) is 12.1. The summed E-state index contributed by atoms with van der Waals surface area (Å²) in [6.07, 6.45) is -2.43. The van der Waals surface area contributed by atoms with Crippen molar-refractivity contribution in [1.29, 1.82) is 0 Å². The van der Waals surface area contributed by atoms with Gasteiger partial charge in [0.15, 0.2) is 5.15 Å². The highest BCUT2D eigenvalue weighted by Gasteiger charge is 2.01. The number of nitrogens with zero attached hydrogens (tertiary/aromatic N) is 2. The van der Waals surface area contributed by atoms with Crippen molar-refractivity contribution >= 4 is 17.4 Å². The lowest BCUT2D eigenvalue weighted by Gasteiger charge is -2.05. The summed E-state index contributed by atoms with van der Waals surface area (Å²) in [6, 6.07) is 3.22. The Morgan fingerprint density at radius 1 is 1.40 bits per heavy atom. The summed E-state index contributed by atoms with van der Waals surface area (Å²) in [7, 11) is 0. The van der Waals surface area contributed by atoms with Crippen LogP contribution in [0.25, 0.3) is 0 Å². The molecule has 15 heavy (non-hydrogen) atoms. The van der Waals surface area contributed by atoms with Crippen LogP contribution in [0.15, 0.2) is 12.1 Å². The van der Waals surface area contributed by atoms with E-state index in [2.05, 4.69) is 20.3 Å². The van der Waals surface area contributed by atoms with E-state index in [-0.39, 0.29) is 6.61 Å². The minimum Gasteiger partial charge on any atom is -0.374 e. The molecule has 0 fully saturated rings. The fourth-order valence-corrected chi connectivity index (χ4v) is 0.935. The van der Waals surface area contributed by atoms with E-state index in [1.807, 2.05) is 0 Å².